The van der Waals surface area contributed by atoms with Crippen LogP contribution in [0.5, 0.6) is 0 Å². The van der Waals surface area contributed by atoms with Crippen molar-refractivity contribution in [3.63, 3.8) is 0 Å². The molecule has 1 aliphatic heterocycles. The minimum Gasteiger partial charge on any atom is -0.344 e. The van der Waals surface area contributed by atoms with Crippen LogP contribution < -0.4 is 0 Å². The maximum Gasteiger partial charge on any atom is 0.242 e. The Morgan fingerprint density at radius 1 is 1.45 bits per heavy atom. The molecule has 0 spiro atoms. The van der Waals surface area contributed by atoms with Crippen molar-refractivity contribution >= 4 is 5.91 Å². The Morgan fingerprint density at radius 2 is 2.18 bits per heavy atom. The van der Waals surface area contributed by atoms with Crippen LogP contribution in [0.1, 0.15) is 31.7 Å². The fourth-order valence-electron chi connectivity index (χ4n) is 3.20. The Labute approximate surface area is 134 Å². The number of hydrogen-bond donors (Lipinski definition) is 0. The lowest BCUT2D eigenvalue weighted by atomic mass is 10.1. The van der Waals surface area contributed by atoms with Gasteiger partial charge in [-0.25, -0.2) is 4.98 Å². The van der Waals surface area contributed by atoms with E-state index in [-0.39, 0.29) is 5.91 Å². The van der Waals surface area contributed by atoms with Gasteiger partial charge in [0.05, 0.1) is 12.0 Å². The number of rotatable bonds is 6. The van der Waals surface area contributed by atoms with Crippen molar-refractivity contribution in [2.45, 2.75) is 40.7 Å². The number of aryl methyl sites for hydroxylation is 1. The second-order valence-electron chi connectivity index (χ2n) is 7.13. The summed E-state index contributed by atoms with van der Waals surface area (Å²) in [5, 5.41) is 0. The molecule has 1 atom stereocenters. The molecule has 0 aromatic carbocycles. The van der Waals surface area contributed by atoms with Crippen molar-refractivity contribution in [1.82, 2.24) is 19.4 Å². The highest BCUT2D eigenvalue weighted by molar-refractivity contribution is 5.75. The van der Waals surface area contributed by atoms with E-state index >= 15 is 0 Å². The van der Waals surface area contributed by atoms with E-state index in [2.05, 4.69) is 23.7 Å². The summed E-state index contributed by atoms with van der Waals surface area (Å²) >= 11 is 0. The monoisotopic (exact) mass is 306 g/mol. The Kier molecular flexibility index (Phi) is 5.62. The van der Waals surface area contributed by atoms with Gasteiger partial charge in [0, 0.05) is 32.4 Å². The van der Waals surface area contributed by atoms with Crippen molar-refractivity contribution in [1.29, 1.82) is 0 Å². The molecule has 2 rings (SSSR count). The van der Waals surface area contributed by atoms with E-state index in [1.807, 2.05) is 30.4 Å². The zero-order chi connectivity index (χ0) is 16.3. The fraction of sp³-hybridized carbons (Fsp3) is 0.765. The number of aromatic nitrogens is 2. The van der Waals surface area contributed by atoms with Crippen LogP contribution in [0.4, 0.5) is 0 Å². The number of carbonyl (C=O) groups is 1. The van der Waals surface area contributed by atoms with Gasteiger partial charge in [-0.05, 0) is 38.6 Å². The molecule has 0 aliphatic carbocycles. The molecular weight excluding hydrogens is 276 g/mol. The Bertz CT molecular complexity index is 509. The van der Waals surface area contributed by atoms with E-state index in [4.69, 9.17) is 0 Å². The molecule has 0 radical (unpaired) electrons. The maximum absolute atomic E-state index is 12.4. The number of amides is 1. The van der Waals surface area contributed by atoms with Crippen molar-refractivity contribution < 1.29 is 4.79 Å². The predicted octanol–water partition coefficient (Wildman–Crippen LogP) is 1.94. The zero-order valence-electron chi connectivity index (χ0n) is 14.7. The second kappa shape index (κ2) is 7.27. The van der Waals surface area contributed by atoms with Gasteiger partial charge in [-0.3, -0.25) is 4.79 Å². The van der Waals surface area contributed by atoms with Gasteiger partial charge in [-0.15, -0.1) is 0 Å². The molecule has 1 saturated heterocycles. The molecular formula is C17H30N4O. The van der Waals surface area contributed by atoms with Crippen LogP contribution in [0.3, 0.4) is 0 Å². The third kappa shape index (κ3) is 4.32. The van der Waals surface area contributed by atoms with E-state index < -0.39 is 0 Å². The summed E-state index contributed by atoms with van der Waals surface area (Å²) in [5.74, 6) is 1.49. The van der Waals surface area contributed by atoms with Crippen LogP contribution in [-0.2, 0) is 11.3 Å². The largest absolute Gasteiger partial charge is 0.344 e. The first kappa shape index (κ1) is 17.0. The molecule has 2 heterocycles. The highest BCUT2D eigenvalue weighted by Gasteiger charge is 2.25. The average molecular weight is 306 g/mol. The summed E-state index contributed by atoms with van der Waals surface area (Å²) in [6.07, 6.45) is 2.96. The molecule has 1 unspecified atom stereocenters. The van der Waals surface area contributed by atoms with Crippen LogP contribution in [0.15, 0.2) is 6.33 Å². The van der Waals surface area contributed by atoms with Crippen LogP contribution in [-0.4, -0.2) is 58.5 Å². The molecule has 5 heteroatoms. The number of carbonyl (C=O) groups excluding carboxylic acids is 1. The van der Waals surface area contributed by atoms with E-state index in [9.17, 15) is 4.79 Å². The summed E-state index contributed by atoms with van der Waals surface area (Å²) in [4.78, 5) is 21.1. The number of likely N-dealkylation sites (N-methyl/N-ethyl adjacent to an activating group) is 1. The van der Waals surface area contributed by atoms with Crippen LogP contribution in [0.2, 0.25) is 0 Å². The average Bonchev–Trinajstić information content (AvgIpc) is 2.99. The van der Waals surface area contributed by atoms with Crippen LogP contribution in [0, 0.1) is 25.7 Å². The van der Waals surface area contributed by atoms with Gasteiger partial charge in [-0.1, -0.05) is 13.8 Å². The molecule has 0 N–H and O–H groups in total. The topological polar surface area (TPSA) is 41.4 Å². The standard InChI is InChI=1S/C17H30N4O/c1-13(2)8-20-7-6-16(10-20)9-19(5)17(22)11-21-12-18-14(3)15(21)4/h12-13,16H,6-11H2,1-5H3. The van der Waals surface area contributed by atoms with Crippen LogP contribution >= 0.6 is 0 Å². The third-order valence-corrected chi connectivity index (χ3v) is 4.60. The van der Waals surface area contributed by atoms with E-state index in [1.54, 1.807) is 6.33 Å². The first-order chi connectivity index (χ1) is 10.4. The van der Waals surface area contributed by atoms with Crippen molar-refractivity contribution in [3.8, 4) is 0 Å². The van der Waals surface area contributed by atoms with Crippen LogP contribution in [0.25, 0.3) is 0 Å². The molecule has 0 saturated carbocycles. The summed E-state index contributed by atoms with van der Waals surface area (Å²) in [6.45, 7) is 13.2. The van der Waals surface area contributed by atoms with E-state index in [0.717, 1.165) is 24.5 Å². The fourth-order valence-corrected chi connectivity index (χ4v) is 3.20. The van der Waals surface area contributed by atoms with Gasteiger partial charge in [0.1, 0.15) is 6.54 Å². The summed E-state index contributed by atoms with van der Waals surface area (Å²) in [5.41, 5.74) is 2.07. The summed E-state index contributed by atoms with van der Waals surface area (Å²) in [6, 6.07) is 0. The lowest BCUT2D eigenvalue weighted by molar-refractivity contribution is -0.131. The molecule has 1 aliphatic rings. The number of hydrogen-bond acceptors (Lipinski definition) is 3. The molecule has 1 amide bonds. The van der Waals surface area contributed by atoms with Crippen molar-refractivity contribution in [2.75, 3.05) is 33.2 Å². The smallest absolute Gasteiger partial charge is 0.242 e. The van der Waals surface area contributed by atoms with Gasteiger partial charge in [0.2, 0.25) is 5.91 Å². The highest BCUT2D eigenvalue weighted by atomic mass is 16.2. The molecule has 124 valence electrons. The quantitative estimate of drug-likeness (QED) is 0.806. The van der Waals surface area contributed by atoms with Crippen molar-refractivity contribution in [3.05, 3.63) is 17.7 Å². The first-order valence-electron chi connectivity index (χ1n) is 8.31. The van der Waals surface area contributed by atoms with Gasteiger partial charge in [0.25, 0.3) is 0 Å². The van der Waals surface area contributed by atoms with Gasteiger partial charge in [-0.2, -0.15) is 0 Å². The Balaban J connectivity index is 1.81. The lowest BCUT2D eigenvalue weighted by Gasteiger charge is -2.23. The normalized spacial score (nSPS) is 19.1. The molecule has 0 bridgehead atoms. The molecule has 1 fully saturated rings. The van der Waals surface area contributed by atoms with Gasteiger partial charge < -0.3 is 14.4 Å². The van der Waals surface area contributed by atoms with E-state index in [0.29, 0.717) is 18.4 Å². The Morgan fingerprint density at radius 3 is 2.77 bits per heavy atom. The maximum atomic E-state index is 12.4. The zero-order valence-corrected chi connectivity index (χ0v) is 14.7. The summed E-state index contributed by atoms with van der Waals surface area (Å²) < 4.78 is 1.94. The summed E-state index contributed by atoms with van der Waals surface area (Å²) in [7, 11) is 1.92. The second-order valence-corrected chi connectivity index (χ2v) is 7.13. The molecule has 1 aromatic heterocycles. The molecule has 5 nitrogen and oxygen atoms in total. The lowest BCUT2D eigenvalue weighted by Crippen LogP contribution is -2.35. The molecule has 1 aromatic rings. The number of nitrogens with zero attached hydrogens (tertiary/aromatic N) is 4. The van der Waals surface area contributed by atoms with E-state index in [1.165, 1.54) is 19.5 Å². The third-order valence-electron chi connectivity index (χ3n) is 4.60. The minimum absolute atomic E-state index is 0.169. The van der Waals surface area contributed by atoms with Gasteiger partial charge in [0.15, 0.2) is 0 Å². The predicted molar refractivity (Wildman–Crippen MR) is 88.7 cm³/mol. The minimum atomic E-state index is 0.169. The first-order valence-corrected chi connectivity index (χ1v) is 8.31. The highest BCUT2D eigenvalue weighted by Crippen LogP contribution is 2.18. The number of imidazole rings is 1. The Hall–Kier alpha value is -1.36. The SMILES string of the molecule is Cc1ncn(CC(=O)N(C)CC2CCN(CC(C)C)C2)c1C. The number of likely N-dealkylation sites (tertiary alicyclic amines) is 1. The molecule has 22 heavy (non-hydrogen) atoms. The van der Waals surface area contributed by atoms with Crippen molar-refractivity contribution in [2.24, 2.45) is 11.8 Å². The van der Waals surface area contributed by atoms with Gasteiger partial charge >= 0.3 is 0 Å².